The lowest BCUT2D eigenvalue weighted by atomic mass is 9.97. The minimum absolute atomic E-state index is 0.129. The first kappa shape index (κ1) is 19.2. The molecule has 0 saturated carbocycles. The maximum Gasteiger partial charge on any atom is 0.232 e. The SMILES string of the molecule is CCCNC(=NCC(C(=O)N1CCOCC1)c1ccccc1)NCC. The highest BCUT2D eigenvalue weighted by molar-refractivity contribution is 5.85. The largest absolute Gasteiger partial charge is 0.378 e. The number of aliphatic imine (C=N–C) groups is 1. The van der Waals surface area contributed by atoms with Crippen molar-refractivity contribution in [2.75, 3.05) is 45.9 Å². The Labute approximate surface area is 150 Å². The van der Waals surface area contributed by atoms with Gasteiger partial charge in [0.25, 0.3) is 0 Å². The van der Waals surface area contributed by atoms with E-state index in [1.165, 1.54) is 0 Å². The summed E-state index contributed by atoms with van der Waals surface area (Å²) in [5.74, 6) is 0.626. The van der Waals surface area contributed by atoms with Crippen LogP contribution in [0.1, 0.15) is 31.7 Å². The van der Waals surface area contributed by atoms with E-state index >= 15 is 0 Å². The zero-order valence-electron chi connectivity index (χ0n) is 15.3. The van der Waals surface area contributed by atoms with E-state index < -0.39 is 0 Å². The van der Waals surface area contributed by atoms with Crippen LogP contribution in [0.15, 0.2) is 35.3 Å². The molecule has 1 amide bonds. The molecule has 1 aliphatic heterocycles. The normalized spacial score (nSPS) is 16.4. The molecule has 0 spiro atoms. The van der Waals surface area contributed by atoms with E-state index in [0.29, 0.717) is 32.8 Å². The number of hydrogen-bond donors (Lipinski definition) is 2. The maximum atomic E-state index is 13.0. The summed E-state index contributed by atoms with van der Waals surface area (Å²) in [5, 5.41) is 6.53. The zero-order valence-corrected chi connectivity index (χ0v) is 15.3. The highest BCUT2D eigenvalue weighted by Crippen LogP contribution is 2.20. The van der Waals surface area contributed by atoms with Gasteiger partial charge in [0.1, 0.15) is 0 Å². The molecule has 2 rings (SSSR count). The Bertz CT molecular complexity index is 542. The number of hydrogen-bond acceptors (Lipinski definition) is 3. The predicted octanol–water partition coefficient (Wildman–Crippen LogP) is 1.59. The zero-order chi connectivity index (χ0) is 17.9. The molecule has 2 N–H and O–H groups in total. The van der Waals surface area contributed by atoms with Crippen LogP contribution < -0.4 is 10.6 Å². The van der Waals surface area contributed by atoms with E-state index in [1.54, 1.807) is 0 Å². The molecule has 1 aromatic rings. The minimum Gasteiger partial charge on any atom is -0.378 e. The van der Waals surface area contributed by atoms with Gasteiger partial charge >= 0.3 is 0 Å². The lowest BCUT2D eigenvalue weighted by Crippen LogP contribution is -2.44. The van der Waals surface area contributed by atoms with Crippen molar-refractivity contribution in [1.29, 1.82) is 0 Å². The van der Waals surface area contributed by atoms with Crippen molar-refractivity contribution >= 4 is 11.9 Å². The summed E-state index contributed by atoms with van der Waals surface area (Å²) in [6.07, 6.45) is 1.03. The summed E-state index contributed by atoms with van der Waals surface area (Å²) >= 11 is 0. The fourth-order valence-corrected chi connectivity index (χ4v) is 2.78. The molecular formula is C19H30N4O2. The molecule has 1 aromatic carbocycles. The van der Waals surface area contributed by atoms with Crippen LogP contribution in [0.2, 0.25) is 0 Å². The highest BCUT2D eigenvalue weighted by atomic mass is 16.5. The standard InChI is InChI=1S/C19H30N4O2/c1-3-10-21-19(20-4-2)22-15-17(16-8-6-5-7-9-16)18(24)23-11-13-25-14-12-23/h5-9,17H,3-4,10-15H2,1-2H3,(H2,20,21,22). The number of carbonyl (C=O) groups excluding carboxylic acids is 1. The molecule has 1 aliphatic rings. The summed E-state index contributed by atoms with van der Waals surface area (Å²) in [6.45, 7) is 8.76. The van der Waals surface area contributed by atoms with Crippen LogP contribution in [0, 0.1) is 0 Å². The predicted molar refractivity (Wildman–Crippen MR) is 101 cm³/mol. The molecule has 1 heterocycles. The van der Waals surface area contributed by atoms with Gasteiger partial charge in [0, 0.05) is 26.2 Å². The Morgan fingerprint density at radius 2 is 1.92 bits per heavy atom. The Hall–Kier alpha value is -2.08. The Balaban J connectivity index is 2.14. The van der Waals surface area contributed by atoms with Crippen LogP contribution in [-0.2, 0) is 9.53 Å². The van der Waals surface area contributed by atoms with E-state index in [2.05, 4.69) is 22.5 Å². The summed E-state index contributed by atoms with van der Waals surface area (Å²) in [5.41, 5.74) is 1.01. The second-order valence-corrected chi connectivity index (χ2v) is 6.05. The molecule has 0 aromatic heterocycles. The molecule has 0 bridgehead atoms. The lowest BCUT2D eigenvalue weighted by molar-refractivity contribution is -0.136. The van der Waals surface area contributed by atoms with Gasteiger partial charge in [0.2, 0.25) is 5.91 Å². The molecule has 1 saturated heterocycles. The molecule has 0 radical (unpaired) electrons. The first-order valence-corrected chi connectivity index (χ1v) is 9.19. The van der Waals surface area contributed by atoms with Crippen molar-refractivity contribution in [1.82, 2.24) is 15.5 Å². The second kappa shape index (κ2) is 10.7. The average Bonchev–Trinajstić information content (AvgIpc) is 2.67. The van der Waals surface area contributed by atoms with Gasteiger partial charge in [-0.1, -0.05) is 37.3 Å². The van der Waals surface area contributed by atoms with Gasteiger partial charge in [-0.2, -0.15) is 0 Å². The van der Waals surface area contributed by atoms with Gasteiger partial charge in [-0.15, -0.1) is 0 Å². The molecule has 1 fully saturated rings. The Morgan fingerprint density at radius 3 is 2.56 bits per heavy atom. The van der Waals surface area contributed by atoms with Crippen LogP contribution in [-0.4, -0.2) is 62.7 Å². The summed E-state index contributed by atoms with van der Waals surface area (Å²) in [6, 6.07) is 9.92. The minimum atomic E-state index is -0.267. The van der Waals surface area contributed by atoms with Crippen molar-refractivity contribution in [2.24, 2.45) is 4.99 Å². The number of rotatable bonds is 7. The lowest BCUT2D eigenvalue weighted by Gasteiger charge is -2.30. The van der Waals surface area contributed by atoms with Crippen molar-refractivity contribution in [2.45, 2.75) is 26.2 Å². The van der Waals surface area contributed by atoms with Crippen LogP contribution >= 0.6 is 0 Å². The van der Waals surface area contributed by atoms with E-state index in [9.17, 15) is 4.79 Å². The number of nitrogens with zero attached hydrogens (tertiary/aromatic N) is 2. The Morgan fingerprint density at radius 1 is 1.20 bits per heavy atom. The highest BCUT2D eigenvalue weighted by Gasteiger charge is 2.27. The van der Waals surface area contributed by atoms with Crippen molar-refractivity contribution < 1.29 is 9.53 Å². The topological polar surface area (TPSA) is 66.0 Å². The Kier molecular flexibility index (Phi) is 8.25. The van der Waals surface area contributed by atoms with Crippen LogP contribution in [0.25, 0.3) is 0 Å². The van der Waals surface area contributed by atoms with Crippen molar-refractivity contribution in [3.05, 3.63) is 35.9 Å². The van der Waals surface area contributed by atoms with E-state index in [4.69, 9.17) is 4.74 Å². The van der Waals surface area contributed by atoms with Gasteiger partial charge in [-0.05, 0) is 18.9 Å². The molecule has 1 unspecified atom stereocenters. The summed E-state index contributed by atoms with van der Waals surface area (Å²) < 4.78 is 5.37. The second-order valence-electron chi connectivity index (χ2n) is 6.05. The van der Waals surface area contributed by atoms with Gasteiger partial charge < -0.3 is 20.3 Å². The van der Waals surface area contributed by atoms with Gasteiger partial charge in [-0.3, -0.25) is 9.79 Å². The number of carbonyl (C=O) groups is 1. The molecule has 0 aliphatic carbocycles. The van der Waals surface area contributed by atoms with Gasteiger partial charge in [-0.25, -0.2) is 0 Å². The van der Waals surface area contributed by atoms with Crippen molar-refractivity contribution in [3.8, 4) is 0 Å². The number of amides is 1. The molecular weight excluding hydrogens is 316 g/mol. The fraction of sp³-hybridized carbons (Fsp3) is 0.579. The van der Waals surface area contributed by atoms with E-state index in [1.807, 2.05) is 42.2 Å². The third-order valence-corrected chi connectivity index (χ3v) is 4.14. The number of ether oxygens (including phenoxy) is 1. The van der Waals surface area contributed by atoms with E-state index in [-0.39, 0.29) is 11.8 Å². The molecule has 6 nitrogen and oxygen atoms in total. The number of nitrogens with one attached hydrogen (secondary N) is 2. The third kappa shape index (κ3) is 6.05. The van der Waals surface area contributed by atoms with Gasteiger partial charge in [0.15, 0.2) is 5.96 Å². The average molecular weight is 346 g/mol. The van der Waals surface area contributed by atoms with E-state index in [0.717, 1.165) is 31.0 Å². The summed E-state index contributed by atoms with van der Waals surface area (Å²) in [7, 11) is 0. The first-order valence-electron chi connectivity index (χ1n) is 9.19. The smallest absolute Gasteiger partial charge is 0.232 e. The molecule has 1 atom stereocenters. The van der Waals surface area contributed by atoms with Crippen LogP contribution in [0.5, 0.6) is 0 Å². The monoisotopic (exact) mass is 346 g/mol. The molecule has 25 heavy (non-hydrogen) atoms. The molecule has 6 heteroatoms. The third-order valence-electron chi connectivity index (χ3n) is 4.14. The van der Waals surface area contributed by atoms with Crippen LogP contribution in [0.4, 0.5) is 0 Å². The first-order chi connectivity index (χ1) is 12.3. The number of benzene rings is 1. The summed E-state index contributed by atoms with van der Waals surface area (Å²) in [4.78, 5) is 19.6. The molecule has 138 valence electrons. The van der Waals surface area contributed by atoms with Gasteiger partial charge in [0.05, 0.1) is 25.7 Å². The quantitative estimate of drug-likeness (QED) is 0.581. The maximum absolute atomic E-state index is 13.0. The van der Waals surface area contributed by atoms with Crippen LogP contribution in [0.3, 0.4) is 0 Å². The fourth-order valence-electron chi connectivity index (χ4n) is 2.78. The van der Waals surface area contributed by atoms with Crippen molar-refractivity contribution in [3.63, 3.8) is 0 Å². The number of guanidine groups is 1. The number of morpholine rings is 1.